The van der Waals surface area contributed by atoms with Crippen molar-refractivity contribution in [2.24, 2.45) is 0 Å². The van der Waals surface area contributed by atoms with E-state index in [-0.39, 0.29) is 5.78 Å². The van der Waals surface area contributed by atoms with Crippen LogP contribution in [0.1, 0.15) is 16.8 Å². The molecule has 1 aliphatic heterocycles. The van der Waals surface area contributed by atoms with Crippen molar-refractivity contribution in [2.75, 3.05) is 19.0 Å². The molecule has 1 aromatic rings. The van der Waals surface area contributed by atoms with Crippen molar-refractivity contribution in [3.05, 3.63) is 16.1 Å². The Balaban J connectivity index is 2.54. The molecule has 0 bridgehead atoms. The van der Waals surface area contributed by atoms with Crippen LogP contribution in [0, 0.1) is 0 Å². The molecule has 0 saturated carbocycles. The average Bonchev–Trinajstić information content (AvgIpc) is 2.19. The Bertz CT molecular complexity index is 393. The van der Waals surface area contributed by atoms with Crippen molar-refractivity contribution in [3.8, 4) is 5.88 Å². The van der Waals surface area contributed by atoms with Gasteiger partial charge in [-0.25, -0.2) is 0 Å². The lowest BCUT2D eigenvalue weighted by Crippen LogP contribution is -2.19. The van der Waals surface area contributed by atoms with Crippen molar-refractivity contribution >= 4 is 27.5 Å². The third kappa shape index (κ3) is 1.48. The third-order valence-electron chi connectivity index (χ3n) is 2.08. The van der Waals surface area contributed by atoms with Crippen LogP contribution in [0.2, 0.25) is 0 Å². The number of hydrogen-bond acceptors (Lipinski definition) is 4. The highest BCUT2D eigenvalue weighted by atomic mass is 79.9. The number of fused-ring (bicyclic) bond motifs is 1. The number of halogens is 1. The van der Waals surface area contributed by atoms with Gasteiger partial charge in [0, 0.05) is 13.0 Å². The lowest BCUT2D eigenvalue weighted by molar-refractivity contribution is 0.0983. The van der Waals surface area contributed by atoms with Gasteiger partial charge in [-0.2, -0.15) is 4.98 Å². The van der Waals surface area contributed by atoms with E-state index in [1.165, 1.54) is 0 Å². The molecule has 0 atom stereocenters. The topological polar surface area (TPSA) is 51.2 Å². The van der Waals surface area contributed by atoms with Crippen LogP contribution >= 0.6 is 15.9 Å². The number of carbonyl (C=O) groups excluding carboxylic acids is 1. The van der Waals surface area contributed by atoms with Crippen LogP contribution in [-0.2, 0) is 0 Å². The Hall–Kier alpha value is -1.10. The zero-order valence-electron chi connectivity index (χ0n) is 7.63. The number of carbonyl (C=O) groups is 1. The monoisotopic (exact) mass is 256 g/mol. The van der Waals surface area contributed by atoms with E-state index in [0.29, 0.717) is 34.7 Å². The summed E-state index contributed by atoms with van der Waals surface area (Å²) in [6, 6.07) is 1.75. The molecule has 0 saturated heterocycles. The second-order valence-electron chi connectivity index (χ2n) is 2.98. The van der Waals surface area contributed by atoms with Crippen molar-refractivity contribution in [1.82, 2.24) is 4.98 Å². The number of Topliss-reactive ketones (excluding diaryl/α,β-unsaturated/α-hetero) is 1. The van der Waals surface area contributed by atoms with E-state index < -0.39 is 0 Å². The molecular weight excluding hydrogens is 248 g/mol. The van der Waals surface area contributed by atoms with Gasteiger partial charge in [-0.3, -0.25) is 4.79 Å². The van der Waals surface area contributed by atoms with Crippen LogP contribution in [0.15, 0.2) is 10.5 Å². The third-order valence-corrected chi connectivity index (χ3v) is 2.65. The van der Waals surface area contributed by atoms with Crippen molar-refractivity contribution in [2.45, 2.75) is 6.42 Å². The molecule has 1 aromatic heterocycles. The number of aromatic nitrogens is 1. The Kier molecular flexibility index (Phi) is 2.41. The minimum absolute atomic E-state index is 0.120. The van der Waals surface area contributed by atoms with E-state index in [2.05, 4.69) is 26.2 Å². The quantitative estimate of drug-likeness (QED) is 0.834. The van der Waals surface area contributed by atoms with E-state index in [9.17, 15) is 4.79 Å². The maximum atomic E-state index is 11.5. The highest BCUT2D eigenvalue weighted by Crippen LogP contribution is 2.29. The number of nitrogens with zero attached hydrogens (tertiary/aromatic N) is 1. The summed E-state index contributed by atoms with van der Waals surface area (Å²) in [4.78, 5) is 15.7. The molecule has 0 spiro atoms. The molecule has 2 rings (SSSR count). The highest BCUT2D eigenvalue weighted by molar-refractivity contribution is 9.10. The van der Waals surface area contributed by atoms with Gasteiger partial charge in [-0.05, 0) is 22.0 Å². The molecule has 0 aliphatic carbocycles. The minimum atomic E-state index is 0.120. The van der Waals surface area contributed by atoms with E-state index in [4.69, 9.17) is 4.74 Å². The lowest BCUT2D eigenvalue weighted by Gasteiger charge is -2.16. The fourth-order valence-corrected chi connectivity index (χ4v) is 1.87. The van der Waals surface area contributed by atoms with Crippen molar-refractivity contribution in [3.63, 3.8) is 0 Å². The molecule has 0 aromatic carbocycles. The van der Waals surface area contributed by atoms with Gasteiger partial charge in [0.2, 0.25) is 5.88 Å². The van der Waals surface area contributed by atoms with Gasteiger partial charge in [0.05, 0.1) is 17.1 Å². The molecule has 0 fully saturated rings. The maximum absolute atomic E-state index is 11.5. The van der Waals surface area contributed by atoms with Gasteiger partial charge >= 0.3 is 0 Å². The summed E-state index contributed by atoms with van der Waals surface area (Å²) in [5, 5.41) is 3.06. The van der Waals surface area contributed by atoms with Gasteiger partial charge in [0.15, 0.2) is 5.78 Å². The fourth-order valence-electron chi connectivity index (χ4n) is 1.39. The normalized spacial score (nSPS) is 14.6. The molecular formula is C9H9BrN2O2. The van der Waals surface area contributed by atoms with Gasteiger partial charge in [0.1, 0.15) is 5.82 Å². The number of methoxy groups -OCH3 is 1. The van der Waals surface area contributed by atoms with Crippen LogP contribution in [0.4, 0.5) is 5.82 Å². The molecule has 1 N–H and O–H groups in total. The van der Waals surface area contributed by atoms with Crippen LogP contribution in [0.3, 0.4) is 0 Å². The molecule has 0 amide bonds. The molecule has 74 valence electrons. The average molecular weight is 257 g/mol. The maximum Gasteiger partial charge on any atom is 0.229 e. The number of anilines is 1. The smallest absolute Gasteiger partial charge is 0.229 e. The van der Waals surface area contributed by atoms with E-state index in [1.807, 2.05) is 0 Å². The van der Waals surface area contributed by atoms with Gasteiger partial charge in [-0.15, -0.1) is 0 Å². The van der Waals surface area contributed by atoms with Gasteiger partial charge in [-0.1, -0.05) is 0 Å². The zero-order chi connectivity index (χ0) is 10.1. The number of rotatable bonds is 1. The predicted molar refractivity (Wildman–Crippen MR) is 55.9 cm³/mol. The van der Waals surface area contributed by atoms with Gasteiger partial charge in [0.25, 0.3) is 0 Å². The Morgan fingerprint density at radius 2 is 2.43 bits per heavy atom. The largest absolute Gasteiger partial charge is 0.480 e. The second kappa shape index (κ2) is 3.57. The molecule has 1 aliphatic rings. The first-order valence-corrected chi connectivity index (χ1v) is 5.03. The number of pyridine rings is 1. The SMILES string of the molecule is COc1nc2c(cc1Br)C(=O)CCN2. The summed E-state index contributed by atoms with van der Waals surface area (Å²) in [5.74, 6) is 1.22. The van der Waals surface area contributed by atoms with Crippen LogP contribution in [-0.4, -0.2) is 24.4 Å². The van der Waals surface area contributed by atoms with Crippen LogP contribution in [0.25, 0.3) is 0 Å². The summed E-state index contributed by atoms with van der Waals surface area (Å²) < 4.78 is 5.74. The van der Waals surface area contributed by atoms with Crippen LogP contribution < -0.4 is 10.1 Å². The first-order valence-electron chi connectivity index (χ1n) is 4.24. The number of nitrogens with one attached hydrogen (secondary N) is 1. The molecule has 0 radical (unpaired) electrons. The fraction of sp³-hybridized carbons (Fsp3) is 0.333. The number of hydrogen-bond donors (Lipinski definition) is 1. The second-order valence-corrected chi connectivity index (χ2v) is 3.83. The lowest BCUT2D eigenvalue weighted by atomic mass is 10.1. The number of ether oxygens (including phenoxy) is 1. The molecule has 5 heteroatoms. The Morgan fingerprint density at radius 1 is 1.64 bits per heavy atom. The summed E-state index contributed by atoms with van der Waals surface area (Å²) in [5.41, 5.74) is 0.629. The van der Waals surface area contributed by atoms with E-state index in [1.54, 1.807) is 13.2 Å². The Morgan fingerprint density at radius 3 is 3.14 bits per heavy atom. The zero-order valence-corrected chi connectivity index (χ0v) is 9.22. The van der Waals surface area contributed by atoms with Crippen molar-refractivity contribution in [1.29, 1.82) is 0 Å². The van der Waals surface area contributed by atoms with Gasteiger partial charge < -0.3 is 10.1 Å². The summed E-state index contributed by atoms with van der Waals surface area (Å²) in [6.45, 7) is 0.642. The number of ketones is 1. The van der Waals surface area contributed by atoms with E-state index in [0.717, 1.165) is 0 Å². The summed E-state index contributed by atoms with van der Waals surface area (Å²) in [6.07, 6.45) is 0.521. The van der Waals surface area contributed by atoms with Crippen molar-refractivity contribution < 1.29 is 9.53 Å². The molecule has 2 heterocycles. The summed E-state index contributed by atoms with van der Waals surface area (Å²) in [7, 11) is 1.55. The highest BCUT2D eigenvalue weighted by Gasteiger charge is 2.20. The Labute approximate surface area is 89.8 Å². The first-order chi connectivity index (χ1) is 6.72. The standard InChI is InChI=1S/C9H9BrN2O2/c1-14-9-6(10)4-5-7(13)2-3-11-8(5)12-9/h4H,2-3H2,1H3,(H,11,12). The molecule has 4 nitrogen and oxygen atoms in total. The molecule has 14 heavy (non-hydrogen) atoms. The van der Waals surface area contributed by atoms with Crippen LogP contribution in [0.5, 0.6) is 5.88 Å². The first kappa shape index (κ1) is 9.45. The predicted octanol–water partition coefficient (Wildman–Crippen LogP) is 1.85. The van der Waals surface area contributed by atoms with E-state index >= 15 is 0 Å². The minimum Gasteiger partial charge on any atom is -0.480 e. The summed E-state index contributed by atoms with van der Waals surface area (Å²) >= 11 is 3.30. The molecule has 0 unspecified atom stereocenters.